The van der Waals surface area contributed by atoms with Crippen LogP contribution < -0.4 is 11.1 Å². The smallest absolute Gasteiger partial charge is 0.324 e. The highest BCUT2D eigenvalue weighted by atomic mass is 16.2. The number of aromatic nitrogens is 4. The number of imide groups is 1. The lowest BCUT2D eigenvalue weighted by Gasteiger charge is -2.32. The van der Waals surface area contributed by atoms with E-state index in [0.717, 1.165) is 34.1 Å². The number of hydrogen-bond acceptors (Lipinski definition) is 6. The van der Waals surface area contributed by atoms with Gasteiger partial charge < -0.3 is 10.6 Å². The van der Waals surface area contributed by atoms with Crippen molar-refractivity contribution in [2.75, 3.05) is 12.3 Å². The van der Waals surface area contributed by atoms with Crippen LogP contribution in [0.1, 0.15) is 24.5 Å². The molecule has 4 aromatic rings. The molecule has 1 aromatic carbocycles. The molecule has 3 amide bonds. The summed E-state index contributed by atoms with van der Waals surface area (Å²) in [6.07, 6.45) is 4.92. The molecule has 154 valence electrons. The van der Waals surface area contributed by atoms with E-state index in [-0.39, 0.29) is 23.9 Å². The summed E-state index contributed by atoms with van der Waals surface area (Å²) in [5, 5.41) is 7.85. The molecule has 31 heavy (non-hydrogen) atoms. The zero-order chi connectivity index (χ0) is 21.1. The number of carbonyl (C=O) groups is 2. The third kappa shape index (κ3) is 2.73. The molecule has 0 radical (unpaired) electrons. The molecule has 2 saturated heterocycles. The van der Waals surface area contributed by atoms with E-state index in [0.29, 0.717) is 24.4 Å². The highest BCUT2D eigenvalue weighted by Gasteiger charge is 2.43. The summed E-state index contributed by atoms with van der Waals surface area (Å²) in [6.45, 7) is 0.436. The maximum Gasteiger partial charge on any atom is 0.324 e. The lowest BCUT2D eigenvalue weighted by molar-refractivity contribution is -0.122. The van der Waals surface area contributed by atoms with E-state index in [1.54, 1.807) is 15.6 Å². The zero-order valence-electron chi connectivity index (χ0n) is 16.5. The molecule has 0 bridgehead atoms. The number of anilines is 1. The summed E-state index contributed by atoms with van der Waals surface area (Å²) in [6, 6.07) is 11.1. The third-order valence-corrected chi connectivity index (χ3v) is 6.21. The van der Waals surface area contributed by atoms with Gasteiger partial charge in [-0.15, -0.1) is 0 Å². The van der Waals surface area contributed by atoms with Crippen molar-refractivity contribution in [3.05, 3.63) is 54.5 Å². The van der Waals surface area contributed by atoms with Gasteiger partial charge in [0.05, 0.1) is 17.4 Å². The topological polar surface area (TPSA) is 119 Å². The fourth-order valence-electron chi connectivity index (χ4n) is 4.61. The van der Waals surface area contributed by atoms with Crippen LogP contribution in [-0.4, -0.2) is 49.0 Å². The molecular formula is C22H19N7O2. The Morgan fingerprint density at radius 3 is 2.87 bits per heavy atom. The van der Waals surface area contributed by atoms with Crippen molar-refractivity contribution < 1.29 is 9.59 Å². The van der Waals surface area contributed by atoms with E-state index >= 15 is 0 Å². The monoisotopic (exact) mass is 413 g/mol. The van der Waals surface area contributed by atoms with Crippen LogP contribution in [0.4, 0.5) is 10.6 Å². The van der Waals surface area contributed by atoms with Crippen LogP contribution in [-0.2, 0) is 4.79 Å². The van der Waals surface area contributed by atoms with Crippen molar-refractivity contribution in [1.29, 1.82) is 0 Å². The van der Waals surface area contributed by atoms with Crippen molar-refractivity contribution in [3.8, 4) is 11.1 Å². The predicted octanol–water partition coefficient (Wildman–Crippen LogP) is 2.32. The first-order valence-corrected chi connectivity index (χ1v) is 10.2. The average molecular weight is 413 g/mol. The second kappa shape index (κ2) is 6.49. The quantitative estimate of drug-likeness (QED) is 0.487. The molecule has 5 heterocycles. The van der Waals surface area contributed by atoms with E-state index in [1.807, 2.05) is 36.5 Å². The van der Waals surface area contributed by atoms with Crippen LogP contribution in [0.2, 0.25) is 0 Å². The number of nitrogens with zero attached hydrogens (tertiary/aromatic N) is 5. The van der Waals surface area contributed by atoms with Gasteiger partial charge in [0.1, 0.15) is 11.9 Å². The van der Waals surface area contributed by atoms with Crippen LogP contribution in [0.5, 0.6) is 0 Å². The molecule has 0 saturated carbocycles. The fourth-order valence-corrected chi connectivity index (χ4v) is 4.61. The van der Waals surface area contributed by atoms with Crippen LogP contribution in [0.3, 0.4) is 0 Å². The summed E-state index contributed by atoms with van der Waals surface area (Å²) in [5.74, 6) is 0.259. The Balaban J connectivity index is 1.41. The minimum atomic E-state index is -0.376. The minimum absolute atomic E-state index is 0.00215. The number of carbonyl (C=O) groups excluding carboxylic acids is 2. The number of hydrogen-bond donors (Lipinski definition) is 2. The van der Waals surface area contributed by atoms with Gasteiger partial charge in [0.15, 0.2) is 5.65 Å². The van der Waals surface area contributed by atoms with Crippen molar-refractivity contribution in [1.82, 2.24) is 29.8 Å². The first-order valence-electron chi connectivity index (χ1n) is 10.2. The average Bonchev–Trinajstić information content (AvgIpc) is 3.34. The van der Waals surface area contributed by atoms with Crippen molar-refractivity contribution in [3.63, 3.8) is 0 Å². The van der Waals surface area contributed by atoms with Gasteiger partial charge in [-0.25, -0.2) is 9.78 Å². The SMILES string of the molecule is Nc1cc([C@H]2CC[C@@H]3C(=O)NC(=O)N3C2)nc2c(-c3cnc4ccccc4c3)cnn12. The molecule has 3 aromatic heterocycles. The standard InChI is InChI=1S/C22H19N7O2/c23-19-8-17(13-5-6-18-21(30)27-22(31)28(18)11-13)26-20-15(10-25-29(19)20)14-7-12-3-1-2-4-16(12)24-9-14/h1-4,7-10,13,18H,5-6,11,23H2,(H,27,30,31)/t13-,18+/m0/s1. The van der Waals surface area contributed by atoms with Gasteiger partial charge in [-0.2, -0.15) is 9.61 Å². The maximum atomic E-state index is 12.1. The van der Waals surface area contributed by atoms with Gasteiger partial charge in [-0.1, -0.05) is 18.2 Å². The van der Waals surface area contributed by atoms with E-state index in [4.69, 9.17) is 10.7 Å². The van der Waals surface area contributed by atoms with E-state index in [1.165, 1.54) is 0 Å². The molecule has 3 N–H and O–H groups in total. The number of fused-ring (bicyclic) bond motifs is 3. The highest BCUT2D eigenvalue weighted by molar-refractivity contribution is 6.04. The molecule has 2 atom stereocenters. The first-order chi connectivity index (χ1) is 15.1. The second-order valence-electron chi connectivity index (χ2n) is 8.05. The predicted molar refractivity (Wildman–Crippen MR) is 114 cm³/mol. The summed E-state index contributed by atoms with van der Waals surface area (Å²) in [7, 11) is 0. The maximum absolute atomic E-state index is 12.1. The van der Waals surface area contributed by atoms with Gasteiger partial charge in [-0.05, 0) is 25.0 Å². The van der Waals surface area contributed by atoms with Crippen LogP contribution in [0, 0.1) is 0 Å². The Morgan fingerprint density at radius 1 is 1.10 bits per heavy atom. The number of nitrogen functional groups attached to an aromatic ring is 1. The van der Waals surface area contributed by atoms with E-state index in [9.17, 15) is 9.59 Å². The number of rotatable bonds is 2. The van der Waals surface area contributed by atoms with E-state index < -0.39 is 0 Å². The molecular weight excluding hydrogens is 394 g/mol. The van der Waals surface area contributed by atoms with Gasteiger partial charge in [0.25, 0.3) is 5.91 Å². The number of pyridine rings is 1. The van der Waals surface area contributed by atoms with Gasteiger partial charge >= 0.3 is 6.03 Å². The lowest BCUT2D eigenvalue weighted by atomic mass is 9.90. The molecule has 9 heteroatoms. The normalized spacial score (nSPS) is 21.0. The molecule has 2 aliphatic heterocycles. The van der Waals surface area contributed by atoms with Crippen molar-refractivity contribution in [2.45, 2.75) is 24.8 Å². The van der Waals surface area contributed by atoms with Gasteiger partial charge in [0, 0.05) is 41.2 Å². The Kier molecular flexibility index (Phi) is 3.73. The Hall–Kier alpha value is -4.01. The lowest BCUT2D eigenvalue weighted by Crippen LogP contribution is -2.42. The number of benzene rings is 1. The Labute approximate surface area is 176 Å². The first kappa shape index (κ1) is 17.8. The summed E-state index contributed by atoms with van der Waals surface area (Å²) in [5.41, 5.74) is 10.4. The van der Waals surface area contributed by atoms with E-state index in [2.05, 4.69) is 21.5 Å². The second-order valence-corrected chi connectivity index (χ2v) is 8.05. The van der Waals surface area contributed by atoms with Gasteiger partial charge in [-0.3, -0.25) is 15.1 Å². The molecule has 2 aliphatic rings. The molecule has 6 rings (SSSR count). The molecule has 9 nitrogen and oxygen atoms in total. The number of piperidine rings is 1. The molecule has 0 aliphatic carbocycles. The van der Waals surface area contributed by atoms with Gasteiger partial charge in [0.2, 0.25) is 0 Å². The van der Waals surface area contributed by atoms with Crippen molar-refractivity contribution >= 4 is 34.3 Å². The highest BCUT2D eigenvalue weighted by Crippen LogP contribution is 2.34. The molecule has 0 unspecified atom stereocenters. The summed E-state index contributed by atoms with van der Waals surface area (Å²) in [4.78, 5) is 35.1. The number of urea groups is 1. The minimum Gasteiger partial charge on any atom is -0.384 e. The Bertz CT molecular complexity index is 1380. The largest absolute Gasteiger partial charge is 0.384 e. The number of para-hydroxylation sites is 1. The van der Waals surface area contributed by atoms with Crippen molar-refractivity contribution in [2.24, 2.45) is 0 Å². The molecule has 0 spiro atoms. The summed E-state index contributed by atoms with van der Waals surface area (Å²) >= 11 is 0. The number of amides is 3. The third-order valence-electron chi connectivity index (χ3n) is 6.21. The summed E-state index contributed by atoms with van der Waals surface area (Å²) < 4.78 is 1.62. The van der Waals surface area contributed by atoms with Crippen LogP contribution >= 0.6 is 0 Å². The van der Waals surface area contributed by atoms with Crippen LogP contribution in [0.25, 0.3) is 27.7 Å². The number of nitrogens with two attached hydrogens (primary N) is 1. The number of nitrogens with one attached hydrogen (secondary N) is 1. The molecule has 2 fully saturated rings. The zero-order valence-corrected chi connectivity index (χ0v) is 16.5. The van der Waals surface area contributed by atoms with Crippen LogP contribution in [0.15, 0.2) is 48.8 Å². The Morgan fingerprint density at radius 2 is 1.97 bits per heavy atom. The fraction of sp³-hybridized carbons (Fsp3) is 0.227.